The Balaban J connectivity index is 2.14. The minimum atomic E-state index is -0.579. The lowest BCUT2D eigenvalue weighted by atomic mass is 10.2. The first-order chi connectivity index (χ1) is 10.1. The third kappa shape index (κ3) is 8.16. The number of hydrogen-bond donors (Lipinski definition) is 1. The van der Waals surface area contributed by atoms with Crippen LogP contribution in [0, 0.1) is 0 Å². The Morgan fingerprint density at radius 2 is 1.95 bits per heavy atom. The number of carbonyl (C=O) groups excluding carboxylic acids is 2. The van der Waals surface area contributed by atoms with Crippen molar-refractivity contribution in [1.82, 2.24) is 10.2 Å². The van der Waals surface area contributed by atoms with Crippen molar-refractivity contribution in [2.75, 3.05) is 32.7 Å². The highest BCUT2D eigenvalue weighted by Crippen LogP contribution is 2.00. The molecule has 21 heavy (non-hydrogen) atoms. The molecule has 0 bridgehead atoms. The molecule has 0 aliphatic heterocycles. The SMILES string of the molecule is CN(CCNC(=O)OCCl)CC(=O)OCc1ccccc1. The summed E-state index contributed by atoms with van der Waals surface area (Å²) in [5.41, 5.74) is 0.944. The van der Waals surface area contributed by atoms with Crippen LogP contribution < -0.4 is 5.32 Å². The maximum absolute atomic E-state index is 11.6. The molecule has 0 fully saturated rings. The van der Waals surface area contributed by atoms with E-state index in [-0.39, 0.29) is 25.2 Å². The van der Waals surface area contributed by atoms with E-state index in [4.69, 9.17) is 16.3 Å². The predicted octanol–water partition coefficient (Wildman–Crippen LogP) is 1.58. The summed E-state index contributed by atoms with van der Waals surface area (Å²) >= 11 is 5.24. The van der Waals surface area contributed by atoms with Gasteiger partial charge in [0.2, 0.25) is 0 Å². The Bertz CT molecular complexity index is 442. The number of esters is 1. The number of benzene rings is 1. The molecule has 0 spiro atoms. The number of halogens is 1. The van der Waals surface area contributed by atoms with Crippen LogP contribution in [0.2, 0.25) is 0 Å². The van der Waals surface area contributed by atoms with E-state index in [9.17, 15) is 9.59 Å². The van der Waals surface area contributed by atoms with Crippen LogP contribution in [0.25, 0.3) is 0 Å². The van der Waals surface area contributed by atoms with Crippen LogP contribution in [-0.4, -0.2) is 49.7 Å². The average molecular weight is 315 g/mol. The zero-order chi connectivity index (χ0) is 15.5. The molecule has 0 unspecified atom stereocenters. The molecule has 1 aromatic rings. The van der Waals surface area contributed by atoms with Gasteiger partial charge < -0.3 is 14.8 Å². The average Bonchev–Trinajstić information content (AvgIpc) is 2.46. The van der Waals surface area contributed by atoms with E-state index in [1.165, 1.54) is 0 Å². The number of nitrogens with zero attached hydrogens (tertiary/aromatic N) is 1. The highest BCUT2D eigenvalue weighted by atomic mass is 35.5. The highest BCUT2D eigenvalue weighted by Gasteiger charge is 2.08. The number of nitrogens with one attached hydrogen (secondary N) is 1. The molecule has 1 amide bonds. The minimum absolute atomic E-state index is 0.152. The molecule has 0 radical (unpaired) electrons. The van der Waals surface area contributed by atoms with E-state index in [2.05, 4.69) is 10.1 Å². The number of alkyl carbamates (subject to hydrolysis) is 1. The van der Waals surface area contributed by atoms with E-state index in [0.29, 0.717) is 13.1 Å². The van der Waals surface area contributed by atoms with Crippen LogP contribution in [0.4, 0.5) is 4.79 Å². The normalized spacial score (nSPS) is 10.2. The number of ether oxygens (including phenoxy) is 2. The fourth-order valence-corrected chi connectivity index (χ4v) is 1.63. The van der Waals surface area contributed by atoms with Gasteiger partial charge in [-0.25, -0.2) is 4.79 Å². The van der Waals surface area contributed by atoms with E-state index in [0.717, 1.165) is 5.56 Å². The number of alkyl halides is 1. The molecular weight excluding hydrogens is 296 g/mol. The van der Waals surface area contributed by atoms with Gasteiger partial charge in [0.1, 0.15) is 6.61 Å². The molecule has 1 N–H and O–H groups in total. The van der Waals surface area contributed by atoms with Crippen molar-refractivity contribution in [2.24, 2.45) is 0 Å². The van der Waals surface area contributed by atoms with Gasteiger partial charge in [-0.3, -0.25) is 9.69 Å². The summed E-state index contributed by atoms with van der Waals surface area (Å²) in [6.07, 6.45) is -0.579. The van der Waals surface area contributed by atoms with Crippen molar-refractivity contribution < 1.29 is 19.1 Å². The Labute approximate surface area is 129 Å². The van der Waals surface area contributed by atoms with E-state index < -0.39 is 6.09 Å². The molecule has 0 aromatic heterocycles. The van der Waals surface area contributed by atoms with Gasteiger partial charge in [0.05, 0.1) is 6.54 Å². The number of hydrogen-bond acceptors (Lipinski definition) is 5. The van der Waals surface area contributed by atoms with Gasteiger partial charge in [-0.05, 0) is 12.6 Å². The number of amides is 1. The quantitative estimate of drug-likeness (QED) is 0.583. The second-order valence-corrected chi connectivity index (χ2v) is 4.57. The third-order valence-corrected chi connectivity index (χ3v) is 2.70. The molecule has 0 aliphatic carbocycles. The monoisotopic (exact) mass is 314 g/mol. The highest BCUT2D eigenvalue weighted by molar-refractivity contribution is 6.17. The molecule has 0 saturated heterocycles. The van der Waals surface area contributed by atoms with E-state index in [1.54, 1.807) is 11.9 Å². The zero-order valence-corrected chi connectivity index (χ0v) is 12.6. The van der Waals surface area contributed by atoms with E-state index >= 15 is 0 Å². The zero-order valence-electron chi connectivity index (χ0n) is 11.9. The molecule has 1 aromatic carbocycles. The molecule has 116 valence electrons. The van der Waals surface area contributed by atoms with Crippen LogP contribution >= 0.6 is 11.6 Å². The fourth-order valence-electron chi connectivity index (χ4n) is 1.53. The maximum atomic E-state index is 11.6. The van der Waals surface area contributed by atoms with E-state index in [1.807, 2.05) is 30.3 Å². The van der Waals surface area contributed by atoms with Crippen LogP contribution in [0.15, 0.2) is 30.3 Å². The Kier molecular flexibility index (Phi) is 8.23. The van der Waals surface area contributed by atoms with Crippen molar-refractivity contribution in [2.45, 2.75) is 6.61 Å². The van der Waals surface area contributed by atoms with Gasteiger partial charge in [-0.15, -0.1) is 0 Å². The van der Waals surface area contributed by atoms with Crippen LogP contribution in [-0.2, 0) is 20.9 Å². The second-order valence-electron chi connectivity index (χ2n) is 4.35. The van der Waals surface area contributed by atoms with Crippen molar-refractivity contribution >= 4 is 23.7 Å². The Morgan fingerprint density at radius 1 is 1.24 bits per heavy atom. The van der Waals surface area contributed by atoms with Gasteiger partial charge in [-0.2, -0.15) is 0 Å². The molecule has 0 saturated carbocycles. The van der Waals surface area contributed by atoms with Crippen molar-refractivity contribution in [3.63, 3.8) is 0 Å². The van der Waals surface area contributed by atoms with Crippen molar-refractivity contribution in [1.29, 1.82) is 0 Å². The lowest BCUT2D eigenvalue weighted by molar-refractivity contribution is -0.145. The number of carbonyl (C=O) groups is 2. The van der Waals surface area contributed by atoms with Crippen LogP contribution in [0.3, 0.4) is 0 Å². The van der Waals surface area contributed by atoms with Gasteiger partial charge in [-0.1, -0.05) is 41.9 Å². The molecular formula is C14H19ClN2O4. The second kappa shape index (κ2) is 10.0. The molecule has 0 aliphatic rings. The lowest BCUT2D eigenvalue weighted by Crippen LogP contribution is -2.36. The summed E-state index contributed by atoms with van der Waals surface area (Å²) in [5, 5.41) is 2.51. The molecule has 1 rings (SSSR count). The first-order valence-electron chi connectivity index (χ1n) is 6.46. The molecule has 7 heteroatoms. The van der Waals surface area contributed by atoms with Gasteiger partial charge in [0.15, 0.2) is 6.07 Å². The van der Waals surface area contributed by atoms with Crippen molar-refractivity contribution in [3.05, 3.63) is 35.9 Å². The summed E-state index contributed by atoms with van der Waals surface area (Å²) in [5.74, 6) is -0.315. The molecule has 0 atom stereocenters. The summed E-state index contributed by atoms with van der Waals surface area (Å²) < 4.78 is 9.65. The summed E-state index contributed by atoms with van der Waals surface area (Å²) in [6, 6.07) is 9.28. The summed E-state index contributed by atoms with van der Waals surface area (Å²) in [6.45, 7) is 1.27. The minimum Gasteiger partial charge on any atom is -0.460 e. The van der Waals surface area contributed by atoms with Gasteiger partial charge in [0.25, 0.3) is 0 Å². The Hall–Kier alpha value is -1.79. The van der Waals surface area contributed by atoms with Crippen LogP contribution in [0.1, 0.15) is 5.56 Å². The number of likely N-dealkylation sites (N-methyl/N-ethyl adjacent to an activating group) is 1. The largest absolute Gasteiger partial charge is 0.460 e. The first kappa shape index (κ1) is 17.3. The van der Waals surface area contributed by atoms with Gasteiger partial charge in [0, 0.05) is 13.1 Å². The van der Waals surface area contributed by atoms with Crippen molar-refractivity contribution in [3.8, 4) is 0 Å². The lowest BCUT2D eigenvalue weighted by Gasteiger charge is -2.15. The smallest absolute Gasteiger partial charge is 0.408 e. The maximum Gasteiger partial charge on any atom is 0.408 e. The fraction of sp³-hybridized carbons (Fsp3) is 0.429. The first-order valence-corrected chi connectivity index (χ1v) is 7.00. The number of rotatable bonds is 8. The van der Waals surface area contributed by atoms with Gasteiger partial charge >= 0.3 is 12.1 Å². The summed E-state index contributed by atoms with van der Waals surface area (Å²) in [7, 11) is 1.76. The predicted molar refractivity (Wildman–Crippen MR) is 78.9 cm³/mol. The van der Waals surface area contributed by atoms with Crippen LogP contribution in [0.5, 0.6) is 0 Å². The standard InChI is InChI=1S/C14H19ClN2O4/c1-17(8-7-16-14(19)21-11-15)9-13(18)20-10-12-5-3-2-4-6-12/h2-6H,7-11H2,1H3,(H,16,19). The Morgan fingerprint density at radius 3 is 2.62 bits per heavy atom. The molecule has 0 heterocycles. The third-order valence-electron chi connectivity index (χ3n) is 2.59. The molecule has 6 nitrogen and oxygen atoms in total. The topological polar surface area (TPSA) is 67.9 Å². The summed E-state index contributed by atoms with van der Waals surface area (Å²) in [4.78, 5) is 24.4.